The van der Waals surface area contributed by atoms with E-state index in [1.54, 1.807) is 12.1 Å². The number of thiophene rings is 1. The predicted molar refractivity (Wildman–Crippen MR) is 84.5 cm³/mol. The largest absolute Gasteiger partial charge is 0.433 e. The Bertz CT molecular complexity index is 636. The molecule has 1 atom stereocenters. The van der Waals surface area contributed by atoms with Crippen LogP contribution in [0.3, 0.4) is 0 Å². The Hall–Kier alpha value is -0.750. The van der Waals surface area contributed by atoms with Gasteiger partial charge in [-0.15, -0.1) is 11.3 Å². The van der Waals surface area contributed by atoms with E-state index in [0.717, 1.165) is 5.56 Å². The number of anilines is 1. The van der Waals surface area contributed by atoms with Gasteiger partial charge in [0.25, 0.3) is 0 Å². The number of hydrogen-bond acceptors (Lipinski definition) is 3. The predicted octanol–water partition coefficient (Wildman–Crippen LogP) is 6.48. The Morgan fingerprint density at radius 2 is 1.90 bits per heavy atom. The molecule has 0 amide bonds. The van der Waals surface area contributed by atoms with Crippen molar-refractivity contribution in [2.45, 2.75) is 19.6 Å². The third-order valence-electron chi connectivity index (χ3n) is 2.68. The molecule has 1 heterocycles. The van der Waals surface area contributed by atoms with Gasteiger partial charge in [-0.05, 0) is 31.2 Å². The maximum Gasteiger partial charge on any atom is 0.387 e. The molecule has 0 aliphatic carbocycles. The minimum absolute atomic E-state index is 0.0681. The van der Waals surface area contributed by atoms with Crippen molar-refractivity contribution in [1.82, 2.24) is 0 Å². The van der Waals surface area contributed by atoms with Crippen molar-refractivity contribution in [3.8, 4) is 5.75 Å². The number of ether oxygens (including phenoxy) is 1. The zero-order valence-corrected chi connectivity index (χ0v) is 13.8. The van der Waals surface area contributed by atoms with Crippen LogP contribution in [0.4, 0.5) is 14.5 Å². The standard InChI is InChI=1S/C13H10Cl3F2NOS/c1-6(8-5-11(15)21-12(8)16)19-7-2-3-10(9(14)4-7)20-13(17)18/h2-6,13,19H,1H3. The summed E-state index contributed by atoms with van der Waals surface area (Å²) in [5.74, 6) is -0.0681. The van der Waals surface area contributed by atoms with Gasteiger partial charge in [-0.3, -0.25) is 0 Å². The molecule has 0 bridgehead atoms. The zero-order valence-electron chi connectivity index (χ0n) is 10.7. The molecule has 2 rings (SSSR count). The highest BCUT2D eigenvalue weighted by Gasteiger charge is 2.14. The number of rotatable bonds is 5. The number of benzene rings is 1. The first-order chi connectivity index (χ1) is 9.86. The average Bonchev–Trinajstić information content (AvgIpc) is 2.71. The monoisotopic (exact) mass is 371 g/mol. The van der Waals surface area contributed by atoms with Crippen molar-refractivity contribution >= 4 is 51.8 Å². The van der Waals surface area contributed by atoms with Crippen LogP contribution >= 0.6 is 46.1 Å². The van der Waals surface area contributed by atoms with Crippen LogP contribution in [-0.2, 0) is 0 Å². The molecule has 0 radical (unpaired) electrons. The molecule has 8 heteroatoms. The molecule has 1 aromatic heterocycles. The zero-order chi connectivity index (χ0) is 15.6. The third-order valence-corrected chi connectivity index (χ3v) is 4.49. The molecule has 2 nitrogen and oxygen atoms in total. The summed E-state index contributed by atoms with van der Waals surface area (Å²) in [5, 5.41) is 3.27. The van der Waals surface area contributed by atoms with Crippen LogP contribution < -0.4 is 10.1 Å². The highest BCUT2D eigenvalue weighted by atomic mass is 35.5. The summed E-state index contributed by atoms with van der Waals surface area (Å²) in [5.41, 5.74) is 1.52. The van der Waals surface area contributed by atoms with Gasteiger partial charge in [0, 0.05) is 11.3 Å². The SMILES string of the molecule is CC(Nc1ccc(OC(F)F)c(Cl)c1)c1cc(Cl)sc1Cl. The summed E-state index contributed by atoms with van der Waals surface area (Å²) in [6, 6.07) is 6.16. The molecule has 1 unspecified atom stereocenters. The van der Waals surface area contributed by atoms with Gasteiger partial charge in [-0.2, -0.15) is 8.78 Å². The molecule has 0 spiro atoms. The van der Waals surface area contributed by atoms with Gasteiger partial charge < -0.3 is 10.1 Å². The van der Waals surface area contributed by atoms with Gasteiger partial charge in [-0.25, -0.2) is 0 Å². The fourth-order valence-corrected chi connectivity index (χ4v) is 3.63. The molecular formula is C13H10Cl3F2NOS. The van der Waals surface area contributed by atoms with Crippen molar-refractivity contribution in [3.63, 3.8) is 0 Å². The molecule has 0 aliphatic rings. The van der Waals surface area contributed by atoms with Gasteiger partial charge in [0.05, 0.1) is 19.7 Å². The lowest BCUT2D eigenvalue weighted by atomic mass is 10.1. The van der Waals surface area contributed by atoms with Crippen LogP contribution in [0.1, 0.15) is 18.5 Å². The van der Waals surface area contributed by atoms with E-state index in [0.29, 0.717) is 14.4 Å². The van der Waals surface area contributed by atoms with E-state index in [9.17, 15) is 8.78 Å². The fraction of sp³-hybridized carbons (Fsp3) is 0.231. The van der Waals surface area contributed by atoms with Crippen molar-refractivity contribution in [1.29, 1.82) is 0 Å². The van der Waals surface area contributed by atoms with Crippen LogP contribution in [0.5, 0.6) is 5.75 Å². The first kappa shape index (κ1) is 16.6. The van der Waals surface area contributed by atoms with Crippen LogP contribution in [0.2, 0.25) is 13.7 Å². The van der Waals surface area contributed by atoms with Crippen molar-refractivity contribution < 1.29 is 13.5 Å². The molecule has 114 valence electrons. The lowest BCUT2D eigenvalue weighted by molar-refractivity contribution is -0.0497. The second-order valence-electron chi connectivity index (χ2n) is 4.17. The van der Waals surface area contributed by atoms with E-state index in [1.165, 1.54) is 23.5 Å². The third kappa shape index (κ3) is 4.36. The topological polar surface area (TPSA) is 21.3 Å². The smallest absolute Gasteiger partial charge is 0.387 e. The Morgan fingerprint density at radius 3 is 2.43 bits per heavy atom. The van der Waals surface area contributed by atoms with E-state index in [-0.39, 0.29) is 16.8 Å². The molecule has 2 aromatic rings. The van der Waals surface area contributed by atoms with Crippen molar-refractivity contribution in [3.05, 3.63) is 43.5 Å². The molecule has 21 heavy (non-hydrogen) atoms. The molecule has 0 saturated carbocycles. The normalized spacial score (nSPS) is 12.5. The summed E-state index contributed by atoms with van der Waals surface area (Å²) in [6.07, 6.45) is 0. The van der Waals surface area contributed by atoms with Gasteiger partial charge >= 0.3 is 6.61 Å². The molecule has 0 saturated heterocycles. The number of alkyl halides is 2. The van der Waals surface area contributed by atoms with Crippen LogP contribution in [0.15, 0.2) is 24.3 Å². The van der Waals surface area contributed by atoms with Crippen LogP contribution in [-0.4, -0.2) is 6.61 Å². The fourth-order valence-electron chi connectivity index (χ4n) is 1.76. The molecule has 1 aromatic carbocycles. The summed E-state index contributed by atoms with van der Waals surface area (Å²) < 4.78 is 29.8. The van der Waals surface area contributed by atoms with E-state index in [2.05, 4.69) is 10.1 Å². The Morgan fingerprint density at radius 1 is 1.19 bits per heavy atom. The highest BCUT2D eigenvalue weighted by Crippen LogP contribution is 2.37. The van der Waals surface area contributed by atoms with Gasteiger partial charge in [-0.1, -0.05) is 34.8 Å². The molecular weight excluding hydrogens is 363 g/mol. The van der Waals surface area contributed by atoms with Crippen LogP contribution in [0.25, 0.3) is 0 Å². The number of nitrogens with one attached hydrogen (secondary N) is 1. The summed E-state index contributed by atoms with van der Waals surface area (Å²) in [4.78, 5) is 0. The summed E-state index contributed by atoms with van der Waals surface area (Å²) in [7, 11) is 0. The van der Waals surface area contributed by atoms with Gasteiger partial charge in [0.2, 0.25) is 0 Å². The first-order valence-electron chi connectivity index (χ1n) is 5.82. The lowest BCUT2D eigenvalue weighted by Gasteiger charge is -2.16. The van der Waals surface area contributed by atoms with Crippen molar-refractivity contribution in [2.24, 2.45) is 0 Å². The Balaban J connectivity index is 2.13. The quantitative estimate of drug-likeness (QED) is 0.648. The second-order valence-corrected chi connectivity index (χ2v) is 6.86. The maximum absolute atomic E-state index is 12.2. The summed E-state index contributed by atoms with van der Waals surface area (Å²) in [6.45, 7) is -1.01. The Labute approximate surface area is 139 Å². The van der Waals surface area contributed by atoms with Gasteiger partial charge in [0.1, 0.15) is 5.75 Å². The summed E-state index contributed by atoms with van der Waals surface area (Å²) >= 11 is 19.2. The van der Waals surface area contributed by atoms with Crippen LogP contribution in [0, 0.1) is 0 Å². The minimum Gasteiger partial charge on any atom is -0.433 e. The van der Waals surface area contributed by atoms with Gasteiger partial charge in [0.15, 0.2) is 0 Å². The minimum atomic E-state index is -2.91. The highest BCUT2D eigenvalue weighted by molar-refractivity contribution is 7.20. The van der Waals surface area contributed by atoms with Crippen molar-refractivity contribution in [2.75, 3.05) is 5.32 Å². The first-order valence-corrected chi connectivity index (χ1v) is 7.77. The maximum atomic E-state index is 12.2. The Kier molecular flexibility index (Phi) is 5.54. The molecule has 0 fully saturated rings. The second kappa shape index (κ2) is 7.01. The van der Waals surface area contributed by atoms with E-state index in [1.807, 2.05) is 6.92 Å². The van der Waals surface area contributed by atoms with E-state index >= 15 is 0 Å². The average molecular weight is 373 g/mol. The number of hydrogen-bond donors (Lipinski definition) is 1. The molecule has 0 aliphatic heterocycles. The van der Waals surface area contributed by atoms with E-state index < -0.39 is 6.61 Å². The lowest BCUT2D eigenvalue weighted by Crippen LogP contribution is -2.07. The number of halogens is 5. The molecule has 1 N–H and O–H groups in total. The van der Waals surface area contributed by atoms with E-state index in [4.69, 9.17) is 34.8 Å².